The molecule has 1 unspecified atom stereocenters. The number of thiophene rings is 1. The Morgan fingerprint density at radius 2 is 2.17 bits per heavy atom. The predicted molar refractivity (Wildman–Crippen MR) is 77.9 cm³/mol. The van der Waals surface area contributed by atoms with Crippen LogP contribution in [-0.4, -0.2) is 52.0 Å². The summed E-state index contributed by atoms with van der Waals surface area (Å²) in [4.78, 5) is 3.62. The fraction of sp³-hybridized carbons (Fsp3) is 0.667. The predicted octanol–water partition coefficient (Wildman–Crippen LogP) is 1.38. The highest BCUT2D eigenvalue weighted by Gasteiger charge is 2.11. The summed E-state index contributed by atoms with van der Waals surface area (Å²) in [6, 6.07) is 4.61. The SMILES string of the molecule is CC(c1cccs1)N(C)CCNCCS(C)(=O)=O. The molecule has 1 N–H and O–H groups in total. The molecule has 0 spiro atoms. The normalized spacial score (nSPS) is 14.0. The standard InChI is InChI=1S/C12H22N2O2S2/c1-11(12-5-4-9-17-12)14(2)8-6-13-7-10-18(3,15)16/h4-5,9,11,13H,6-8,10H2,1-3H3. The molecular weight excluding hydrogens is 268 g/mol. The van der Waals surface area contributed by atoms with Gasteiger partial charge in [-0.2, -0.15) is 0 Å². The average molecular weight is 290 g/mol. The van der Waals surface area contributed by atoms with Crippen LogP contribution in [0, 0.1) is 0 Å². The highest BCUT2D eigenvalue weighted by atomic mass is 32.2. The molecule has 1 rings (SSSR count). The van der Waals surface area contributed by atoms with Crippen LogP contribution in [-0.2, 0) is 9.84 Å². The Morgan fingerprint density at radius 1 is 1.44 bits per heavy atom. The number of rotatable bonds is 8. The van der Waals surface area contributed by atoms with Crippen LogP contribution in [0.1, 0.15) is 17.8 Å². The maximum Gasteiger partial charge on any atom is 0.148 e. The van der Waals surface area contributed by atoms with E-state index in [4.69, 9.17) is 0 Å². The molecule has 0 saturated heterocycles. The molecule has 1 atom stereocenters. The van der Waals surface area contributed by atoms with E-state index in [0.29, 0.717) is 12.6 Å². The molecule has 18 heavy (non-hydrogen) atoms. The van der Waals surface area contributed by atoms with Crippen molar-refractivity contribution in [3.05, 3.63) is 22.4 Å². The van der Waals surface area contributed by atoms with E-state index in [2.05, 4.69) is 41.7 Å². The highest BCUT2D eigenvalue weighted by molar-refractivity contribution is 7.90. The average Bonchev–Trinajstić information content (AvgIpc) is 2.79. The summed E-state index contributed by atoms with van der Waals surface area (Å²) in [6.45, 7) is 4.42. The Balaban J connectivity index is 2.19. The number of sulfone groups is 1. The van der Waals surface area contributed by atoms with Crippen molar-refractivity contribution in [1.82, 2.24) is 10.2 Å². The molecule has 0 aromatic carbocycles. The number of likely N-dealkylation sites (N-methyl/N-ethyl adjacent to an activating group) is 1. The largest absolute Gasteiger partial charge is 0.314 e. The van der Waals surface area contributed by atoms with Gasteiger partial charge in [0.05, 0.1) is 5.75 Å². The smallest absolute Gasteiger partial charge is 0.148 e. The number of nitrogens with one attached hydrogen (secondary N) is 1. The van der Waals surface area contributed by atoms with E-state index < -0.39 is 9.84 Å². The second kappa shape index (κ2) is 7.23. The van der Waals surface area contributed by atoms with Gasteiger partial charge in [0.1, 0.15) is 9.84 Å². The first-order valence-corrected chi connectivity index (χ1v) is 8.96. The van der Waals surface area contributed by atoms with E-state index >= 15 is 0 Å². The first-order chi connectivity index (χ1) is 8.40. The Morgan fingerprint density at radius 3 is 2.72 bits per heavy atom. The van der Waals surface area contributed by atoms with Crippen molar-refractivity contribution in [2.45, 2.75) is 13.0 Å². The third-order valence-corrected chi connectivity index (χ3v) is 4.90. The van der Waals surface area contributed by atoms with Crippen molar-refractivity contribution >= 4 is 21.2 Å². The lowest BCUT2D eigenvalue weighted by Gasteiger charge is -2.23. The van der Waals surface area contributed by atoms with Crippen LogP contribution in [0.2, 0.25) is 0 Å². The van der Waals surface area contributed by atoms with Crippen molar-refractivity contribution in [1.29, 1.82) is 0 Å². The first kappa shape index (κ1) is 15.6. The van der Waals surface area contributed by atoms with Crippen LogP contribution in [0.15, 0.2) is 17.5 Å². The molecule has 0 aliphatic carbocycles. The molecule has 0 bridgehead atoms. The minimum absolute atomic E-state index is 0.206. The van der Waals surface area contributed by atoms with Gasteiger partial charge in [-0.05, 0) is 25.4 Å². The molecule has 104 valence electrons. The van der Waals surface area contributed by atoms with Crippen LogP contribution in [0.3, 0.4) is 0 Å². The van der Waals surface area contributed by atoms with E-state index in [0.717, 1.165) is 13.1 Å². The van der Waals surface area contributed by atoms with Crippen LogP contribution in [0.4, 0.5) is 0 Å². The fourth-order valence-electron chi connectivity index (χ4n) is 1.58. The van der Waals surface area contributed by atoms with Gasteiger partial charge in [-0.1, -0.05) is 6.07 Å². The molecule has 4 nitrogen and oxygen atoms in total. The van der Waals surface area contributed by atoms with Crippen LogP contribution >= 0.6 is 11.3 Å². The third-order valence-electron chi connectivity index (χ3n) is 2.91. The summed E-state index contributed by atoms with van der Waals surface area (Å²) >= 11 is 1.77. The third kappa shape index (κ3) is 5.95. The van der Waals surface area contributed by atoms with E-state index in [9.17, 15) is 8.42 Å². The van der Waals surface area contributed by atoms with E-state index in [-0.39, 0.29) is 5.75 Å². The Labute approximate surface area is 114 Å². The number of hydrogen-bond acceptors (Lipinski definition) is 5. The summed E-state index contributed by atoms with van der Waals surface area (Å²) in [5, 5.41) is 5.24. The molecule has 1 aromatic heterocycles. The van der Waals surface area contributed by atoms with Crippen LogP contribution in [0.5, 0.6) is 0 Å². The first-order valence-electron chi connectivity index (χ1n) is 6.02. The second-order valence-electron chi connectivity index (χ2n) is 4.55. The summed E-state index contributed by atoms with van der Waals surface area (Å²) in [7, 11) is -0.765. The number of nitrogens with zero attached hydrogens (tertiary/aromatic N) is 1. The van der Waals surface area contributed by atoms with E-state index in [1.165, 1.54) is 11.1 Å². The maximum atomic E-state index is 10.9. The molecule has 0 radical (unpaired) electrons. The van der Waals surface area contributed by atoms with Crippen molar-refractivity contribution in [2.24, 2.45) is 0 Å². The van der Waals surface area contributed by atoms with Gasteiger partial charge in [0, 0.05) is 36.8 Å². The van der Waals surface area contributed by atoms with E-state index in [1.54, 1.807) is 11.3 Å². The van der Waals surface area contributed by atoms with Gasteiger partial charge in [0.15, 0.2) is 0 Å². The topological polar surface area (TPSA) is 49.4 Å². The minimum atomic E-state index is -2.85. The quantitative estimate of drug-likeness (QED) is 0.735. The van der Waals surface area contributed by atoms with Gasteiger partial charge < -0.3 is 5.32 Å². The molecule has 1 heterocycles. The van der Waals surface area contributed by atoms with Gasteiger partial charge >= 0.3 is 0 Å². The second-order valence-corrected chi connectivity index (χ2v) is 7.79. The molecule has 6 heteroatoms. The molecule has 0 aliphatic heterocycles. The van der Waals surface area contributed by atoms with Crippen molar-refractivity contribution in [3.8, 4) is 0 Å². The lowest BCUT2D eigenvalue weighted by molar-refractivity contribution is 0.265. The molecule has 0 aliphatic rings. The molecular formula is C12H22N2O2S2. The monoisotopic (exact) mass is 290 g/mol. The summed E-state index contributed by atoms with van der Waals surface area (Å²) < 4.78 is 21.9. The summed E-state index contributed by atoms with van der Waals surface area (Å²) in [6.07, 6.45) is 1.26. The molecule has 1 aromatic rings. The van der Waals surface area contributed by atoms with Crippen molar-refractivity contribution in [3.63, 3.8) is 0 Å². The lowest BCUT2D eigenvalue weighted by atomic mass is 10.2. The van der Waals surface area contributed by atoms with Gasteiger partial charge in [-0.15, -0.1) is 11.3 Å². The van der Waals surface area contributed by atoms with Gasteiger partial charge in [0.25, 0.3) is 0 Å². The summed E-state index contributed by atoms with van der Waals surface area (Å²) in [5.41, 5.74) is 0. The Bertz CT molecular complexity index is 429. The Kier molecular flexibility index (Phi) is 6.28. The zero-order valence-corrected chi connectivity index (χ0v) is 12.9. The molecule has 0 saturated carbocycles. The highest BCUT2D eigenvalue weighted by Crippen LogP contribution is 2.22. The van der Waals surface area contributed by atoms with Crippen molar-refractivity contribution < 1.29 is 8.42 Å². The maximum absolute atomic E-state index is 10.9. The molecule has 0 amide bonds. The lowest BCUT2D eigenvalue weighted by Crippen LogP contribution is -2.33. The fourth-order valence-corrected chi connectivity index (χ4v) is 2.94. The van der Waals surface area contributed by atoms with Crippen LogP contribution < -0.4 is 5.32 Å². The van der Waals surface area contributed by atoms with Gasteiger partial charge in [-0.25, -0.2) is 8.42 Å². The van der Waals surface area contributed by atoms with E-state index in [1.807, 2.05) is 0 Å². The van der Waals surface area contributed by atoms with Crippen molar-refractivity contribution in [2.75, 3.05) is 38.7 Å². The zero-order chi connectivity index (χ0) is 13.6. The number of hydrogen-bond donors (Lipinski definition) is 1. The Hall–Kier alpha value is -0.430. The van der Waals surface area contributed by atoms with Gasteiger partial charge in [-0.3, -0.25) is 4.90 Å². The zero-order valence-electron chi connectivity index (χ0n) is 11.2. The van der Waals surface area contributed by atoms with Gasteiger partial charge in [0.2, 0.25) is 0 Å². The summed E-state index contributed by atoms with van der Waals surface area (Å²) in [5.74, 6) is 0.206. The minimum Gasteiger partial charge on any atom is -0.314 e. The van der Waals surface area contributed by atoms with Crippen LogP contribution in [0.25, 0.3) is 0 Å². The molecule has 0 fully saturated rings.